The molecule has 4 nitrogen and oxygen atoms in total. The summed E-state index contributed by atoms with van der Waals surface area (Å²) in [5, 5.41) is 2.47. The maximum absolute atomic E-state index is 13.6. The van der Waals surface area contributed by atoms with Crippen molar-refractivity contribution in [1.29, 1.82) is 0 Å². The van der Waals surface area contributed by atoms with Crippen LogP contribution in [0.3, 0.4) is 0 Å². The lowest BCUT2D eigenvalue weighted by atomic mass is 10.0. The summed E-state index contributed by atoms with van der Waals surface area (Å²) in [6.07, 6.45) is -0.278. The van der Waals surface area contributed by atoms with E-state index in [0.717, 1.165) is 17.7 Å². The van der Waals surface area contributed by atoms with Gasteiger partial charge >= 0.3 is 5.97 Å². The second kappa shape index (κ2) is 8.19. The van der Waals surface area contributed by atoms with Gasteiger partial charge in [-0.15, -0.1) is 0 Å². The topological polar surface area (TPSA) is 55.4 Å². The number of amides is 1. The molecule has 2 aromatic rings. The molecule has 0 saturated carbocycles. The van der Waals surface area contributed by atoms with Gasteiger partial charge in [-0.25, -0.2) is 13.6 Å². The van der Waals surface area contributed by atoms with Crippen molar-refractivity contribution in [1.82, 2.24) is 5.32 Å². The Bertz CT molecular complexity index is 699. The first-order chi connectivity index (χ1) is 11.5. The number of rotatable bonds is 6. The number of nitrogens with one attached hydrogen (secondary N) is 1. The fourth-order valence-electron chi connectivity index (χ4n) is 2.29. The number of hydrogen-bond donors (Lipinski definition) is 1. The van der Waals surface area contributed by atoms with Crippen LogP contribution in [0.1, 0.15) is 11.1 Å². The lowest BCUT2D eigenvalue weighted by Crippen LogP contribution is -2.43. The Labute approximate surface area is 138 Å². The molecule has 0 aliphatic carbocycles. The van der Waals surface area contributed by atoms with Crippen LogP contribution in [0.15, 0.2) is 48.5 Å². The molecule has 126 valence electrons. The Morgan fingerprint density at radius 1 is 1.04 bits per heavy atom. The molecule has 0 heterocycles. The summed E-state index contributed by atoms with van der Waals surface area (Å²) in [6.45, 7) is 0. The van der Waals surface area contributed by atoms with Crippen molar-refractivity contribution in [2.75, 3.05) is 7.11 Å². The van der Waals surface area contributed by atoms with Gasteiger partial charge in [-0.05, 0) is 17.7 Å². The molecule has 0 fully saturated rings. The Morgan fingerprint density at radius 2 is 1.67 bits per heavy atom. The molecule has 0 spiro atoms. The molecule has 24 heavy (non-hydrogen) atoms. The van der Waals surface area contributed by atoms with Crippen molar-refractivity contribution in [3.05, 3.63) is 71.3 Å². The lowest BCUT2D eigenvalue weighted by molar-refractivity contribution is -0.145. The first kappa shape index (κ1) is 17.6. The normalized spacial score (nSPS) is 11.6. The van der Waals surface area contributed by atoms with Crippen LogP contribution < -0.4 is 5.32 Å². The van der Waals surface area contributed by atoms with E-state index in [9.17, 15) is 18.4 Å². The van der Waals surface area contributed by atoms with Crippen molar-refractivity contribution in [2.24, 2.45) is 0 Å². The summed E-state index contributed by atoms with van der Waals surface area (Å²) in [4.78, 5) is 23.9. The Kier molecular flexibility index (Phi) is 6.01. The third-order valence-corrected chi connectivity index (χ3v) is 3.50. The third kappa shape index (κ3) is 4.62. The molecule has 0 aliphatic heterocycles. The minimum absolute atomic E-state index is 0.221. The van der Waals surface area contributed by atoms with Crippen molar-refractivity contribution >= 4 is 11.9 Å². The molecule has 1 amide bonds. The Hall–Kier alpha value is -2.76. The van der Waals surface area contributed by atoms with Crippen LogP contribution in [0.25, 0.3) is 0 Å². The van der Waals surface area contributed by atoms with Gasteiger partial charge in [0.25, 0.3) is 0 Å². The predicted molar refractivity (Wildman–Crippen MR) is 84.2 cm³/mol. The van der Waals surface area contributed by atoms with Crippen LogP contribution in [0, 0.1) is 11.6 Å². The number of ether oxygens (including phenoxy) is 1. The number of carbonyl (C=O) groups excluding carboxylic acids is 2. The standard InChI is InChI=1S/C18H17F2NO3/c1-24-18(23)16(10-12-6-3-2-4-7-12)21-17(22)11-13-14(19)8-5-9-15(13)20/h2-9,16H,10-11H2,1H3,(H,21,22)/t16-/m1/s1. The SMILES string of the molecule is COC(=O)[C@@H](Cc1ccccc1)NC(=O)Cc1c(F)cccc1F. The first-order valence-corrected chi connectivity index (χ1v) is 7.35. The van der Waals surface area contributed by atoms with E-state index in [1.54, 1.807) is 24.3 Å². The number of esters is 1. The van der Waals surface area contributed by atoms with Gasteiger partial charge in [0.1, 0.15) is 17.7 Å². The van der Waals surface area contributed by atoms with Crippen molar-refractivity contribution in [3.63, 3.8) is 0 Å². The van der Waals surface area contributed by atoms with Gasteiger partial charge < -0.3 is 10.1 Å². The smallest absolute Gasteiger partial charge is 0.328 e. The molecular formula is C18H17F2NO3. The Balaban J connectivity index is 2.08. The van der Waals surface area contributed by atoms with E-state index < -0.39 is 36.0 Å². The summed E-state index contributed by atoms with van der Waals surface area (Å²) in [5.74, 6) is -2.89. The van der Waals surface area contributed by atoms with E-state index in [2.05, 4.69) is 10.1 Å². The number of hydrogen-bond acceptors (Lipinski definition) is 3. The molecular weight excluding hydrogens is 316 g/mol. The fraction of sp³-hybridized carbons (Fsp3) is 0.222. The van der Waals surface area contributed by atoms with Gasteiger partial charge in [-0.2, -0.15) is 0 Å². The molecule has 0 aromatic heterocycles. The first-order valence-electron chi connectivity index (χ1n) is 7.35. The maximum atomic E-state index is 13.6. The minimum Gasteiger partial charge on any atom is -0.467 e. The monoisotopic (exact) mass is 333 g/mol. The van der Waals surface area contributed by atoms with E-state index in [1.165, 1.54) is 13.2 Å². The summed E-state index contributed by atoms with van der Waals surface area (Å²) in [7, 11) is 1.21. The molecule has 1 N–H and O–H groups in total. The van der Waals surface area contributed by atoms with Gasteiger partial charge in [-0.3, -0.25) is 4.79 Å². The zero-order valence-electron chi connectivity index (χ0n) is 13.1. The predicted octanol–water partition coefficient (Wildman–Crippen LogP) is 2.41. The summed E-state index contributed by atoms with van der Waals surface area (Å²) >= 11 is 0. The van der Waals surface area contributed by atoms with Crippen molar-refractivity contribution in [2.45, 2.75) is 18.9 Å². The van der Waals surface area contributed by atoms with E-state index in [0.29, 0.717) is 0 Å². The van der Waals surface area contributed by atoms with Gasteiger partial charge in [0.05, 0.1) is 13.5 Å². The van der Waals surface area contributed by atoms with Gasteiger partial charge in [0.15, 0.2) is 0 Å². The summed E-state index contributed by atoms with van der Waals surface area (Å²) < 4.78 is 31.9. The second-order valence-electron chi connectivity index (χ2n) is 5.21. The quantitative estimate of drug-likeness (QED) is 0.826. The molecule has 0 radical (unpaired) electrons. The highest BCUT2D eigenvalue weighted by Crippen LogP contribution is 2.13. The number of benzene rings is 2. The third-order valence-electron chi connectivity index (χ3n) is 3.50. The summed E-state index contributed by atoms with van der Waals surface area (Å²) in [5.41, 5.74) is 0.489. The molecule has 1 atom stereocenters. The number of methoxy groups -OCH3 is 1. The van der Waals surface area contributed by atoms with Crippen molar-refractivity contribution < 1.29 is 23.1 Å². The lowest BCUT2D eigenvalue weighted by Gasteiger charge is -2.17. The van der Waals surface area contributed by atoms with Gasteiger partial charge in [0.2, 0.25) is 5.91 Å². The minimum atomic E-state index is -0.931. The number of halogens is 2. The van der Waals surface area contributed by atoms with Gasteiger partial charge in [0, 0.05) is 12.0 Å². The van der Waals surface area contributed by atoms with Crippen molar-refractivity contribution in [3.8, 4) is 0 Å². The highest BCUT2D eigenvalue weighted by atomic mass is 19.1. The van der Waals surface area contributed by atoms with E-state index >= 15 is 0 Å². The molecule has 0 aliphatic rings. The van der Waals surface area contributed by atoms with Crippen LogP contribution in [-0.4, -0.2) is 25.0 Å². The van der Waals surface area contributed by atoms with Crippen LogP contribution in [-0.2, 0) is 27.2 Å². The van der Waals surface area contributed by atoms with Gasteiger partial charge in [-0.1, -0.05) is 36.4 Å². The average Bonchev–Trinajstić information content (AvgIpc) is 2.58. The molecule has 0 unspecified atom stereocenters. The number of carbonyl (C=O) groups is 2. The van der Waals surface area contributed by atoms with E-state index in [-0.39, 0.29) is 12.0 Å². The molecule has 2 aromatic carbocycles. The zero-order valence-corrected chi connectivity index (χ0v) is 13.1. The summed E-state index contributed by atoms with van der Waals surface area (Å²) in [6, 6.07) is 11.5. The second-order valence-corrected chi connectivity index (χ2v) is 5.21. The molecule has 0 bridgehead atoms. The maximum Gasteiger partial charge on any atom is 0.328 e. The molecule has 0 saturated heterocycles. The highest BCUT2D eigenvalue weighted by Gasteiger charge is 2.23. The van der Waals surface area contributed by atoms with Crippen LogP contribution in [0.4, 0.5) is 8.78 Å². The van der Waals surface area contributed by atoms with Crippen LogP contribution in [0.5, 0.6) is 0 Å². The highest BCUT2D eigenvalue weighted by molar-refractivity contribution is 5.85. The fourth-order valence-corrected chi connectivity index (χ4v) is 2.29. The van der Waals surface area contributed by atoms with E-state index in [4.69, 9.17) is 0 Å². The largest absolute Gasteiger partial charge is 0.467 e. The average molecular weight is 333 g/mol. The zero-order chi connectivity index (χ0) is 17.5. The van der Waals surface area contributed by atoms with E-state index in [1.807, 2.05) is 6.07 Å². The molecule has 2 rings (SSSR count). The Morgan fingerprint density at radius 3 is 2.25 bits per heavy atom. The molecule has 6 heteroatoms. The van der Waals surface area contributed by atoms with Crippen LogP contribution in [0.2, 0.25) is 0 Å². The van der Waals surface area contributed by atoms with Crippen LogP contribution >= 0.6 is 0 Å².